The zero-order chi connectivity index (χ0) is 16.3. The molecule has 2 aromatic carbocycles. The van der Waals surface area contributed by atoms with E-state index in [9.17, 15) is 18.7 Å². The molecule has 0 heterocycles. The van der Waals surface area contributed by atoms with E-state index in [0.717, 1.165) is 18.2 Å². The monoisotopic (exact) mass is 305 g/mol. The number of hydrogen-bond acceptors (Lipinski definition) is 2. The van der Waals surface area contributed by atoms with Crippen LogP contribution in [-0.4, -0.2) is 23.0 Å². The van der Waals surface area contributed by atoms with Crippen molar-refractivity contribution in [1.29, 1.82) is 0 Å². The van der Waals surface area contributed by atoms with Crippen LogP contribution in [0.25, 0.3) is 0 Å². The Morgan fingerprint density at radius 1 is 1.14 bits per heavy atom. The fourth-order valence-electron chi connectivity index (χ4n) is 2.21. The van der Waals surface area contributed by atoms with E-state index in [1.165, 1.54) is 11.9 Å². The van der Waals surface area contributed by atoms with Gasteiger partial charge in [0.05, 0.1) is 6.04 Å². The van der Waals surface area contributed by atoms with E-state index >= 15 is 0 Å². The van der Waals surface area contributed by atoms with Crippen molar-refractivity contribution in [2.24, 2.45) is 0 Å². The third-order valence-corrected chi connectivity index (χ3v) is 3.69. The van der Waals surface area contributed by atoms with Crippen molar-refractivity contribution in [3.05, 3.63) is 71.3 Å². The topological polar surface area (TPSA) is 40.5 Å². The molecule has 0 fully saturated rings. The summed E-state index contributed by atoms with van der Waals surface area (Å²) < 4.78 is 27.1. The van der Waals surface area contributed by atoms with Gasteiger partial charge in [-0.05, 0) is 30.7 Å². The Morgan fingerprint density at radius 2 is 1.77 bits per heavy atom. The summed E-state index contributed by atoms with van der Waals surface area (Å²) in [6.07, 6.45) is -1.34. The van der Waals surface area contributed by atoms with Gasteiger partial charge in [0.25, 0.3) is 5.91 Å². The Morgan fingerprint density at radius 3 is 2.41 bits per heavy atom. The van der Waals surface area contributed by atoms with Crippen LogP contribution in [0.2, 0.25) is 0 Å². The second-order valence-corrected chi connectivity index (χ2v) is 5.10. The first kappa shape index (κ1) is 16.1. The molecule has 2 aromatic rings. The molecule has 2 atom stereocenters. The van der Waals surface area contributed by atoms with Crippen LogP contribution in [0, 0.1) is 11.6 Å². The summed E-state index contributed by atoms with van der Waals surface area (Å²) in [5, 5.41) is 10.1. The van der Waals surface area contributed by atoms with Gasteiger partial charge >= 0.3 is 0 Å². The average molecular weight is 305 g/mol. The number of likely N-dealkylation sites (N-methyl/N-ethyl adjacent to an activating group) is 1. The molecule has 2 rings (SSSR count). The number of amides is 1. The fourth-order valence-corrected chi connectivity index (χ4v) is 2.21. The summed E-state index contributed by atoms with van der Waals surface area (Å²) in [6.45, 7) is 1.58. The minimum absolute atomic E-state index is 0.0658. The zero-order valence-corrected chi connectivity index (χ0v) is 12.3. The Labute approximate surface area is 127 Å². The number of carbonyl (C=O) groups is 1. The molecule has 0 saturated carbocycles. The first-order valence-electron chi connectivity index (χ1n) is 6.86. The largest absolute Gasteiger partial charge is 0.378 e. The van der Waals surface area contributed by atoms with Crippen molar-refractivity contribution in [2.45, 2.75) is 19.1 Å². The molecule has 3 nitrogen and oxygen atoms in total. The molecule has 0 bridgehead atoms. The summed E-state index contributed by atoms with van der Waals surface area (Å²) in [5.41, 5.74) is 0.516. The molecule has 0 aromatic heterocycles. The molecule has 0 aliphatic carbocycles. The standard InChI is InChI=1S/C17H17F2NO2/c1-11(14-10-13(18)8-9-15(14)19)20(2)17(22)16(21)12-6-4-3-5-7-12/h3-11,16,21H,1-2H3. The van der Waals surface area contributed by atoms with E-state index in [4.69, 9.17) is 0 Å². The van der Waals surface area contributed by atoms with Crippen LogP contribution in [0.3, 0.4) is 0 Å². The van der Waals surface area contributed by atoms with E-state index in [1.54, 1.807) is 37.3 Å². The molecule has 2 unspecified atom stereocenters. The van der Waals surface area contributed by atoms with Crippen molar-refractivity contribution >= 4 is 5.91 Å². The minimum Gasteiger partial charge on any atom is -0.378 e. The molecular weight excluding hydrogens is 288 g/mol. The number of halogens is 2. The second-order valence-electron chi connectivity index (χ2n) is 5.10. The van der Waals surface area contributed by atoms with E-state index < -0.39 is 29.7 Å². The number of benzene rings is 2. The Hall–Kier alpha value is -2.27. The lowest BCUT2D eigenvalue weighted by Crippen LogP contribution is -2.34. The third kappa shape index (κ3) is 3.31. The molecule has 1 N–H and O–H groups in total. The zero-order valence-electron chi connectivity index (χ0n) is 12.3. The fraction of sp³-hybridized carbons (Fsp3) is 0.235. The lowest BCUT2D eigenvalue weighted by atomic mass is 10.0. The van der Waals surface area contributed by atoms with Crippen LogP contribution in [-0.2, 0) is 4.79 Å². The number of aliphatic hydroxyl groups excluding tert-OH is 1. The molecule has 0 spiro atoms. The number of rotatable bonds is 4. The summed E-state index contributed by atoms with van der Waals surface area (Å²) in [5.74, 6) is -1.75. The number of nitrogens with zero attached hydrogens (tertiary/aromatic N) is 1. The van der Waals surface area contributed by atoms with Gasteiger partial charge in [-0.3, -0.25) is 4.79 Å². The minimum atomic E-state index is -1.34. The van der Waals surface area contributed by atoms with Gasteiger partial charge in [0, 0.05) is 12.6 Å². The van der Waals surface area contributed by atoms with Gasteiger partial charge in [0.15, 0.2) is 6.10 Å². The summed E-state index contributed by atoms with van der Waals surface area (Å²) in [4.78, 5) is 13.5. The van der Waals surface area contributed by atoms with E-state index in [-0.39, 0.29) is 5.56 Å². The molecule has 0 radical (unpaired) electrons. The van der Waals surface area contributed by atoms with Crippen LogP contribution in [0.15, 0.2) is 48.5 Å². The van der Waals surface area contributed by atoms with Gasteiger partial charge in [-0.15, -0.1) is 0 Å². The van der Waals surface area contributed by atoms with Crippen molar-refractivity contribution in [1.82, 2.24) is 4.90 Å². The summed E-state index contributed by atoms with van der Waals surface area (Å²) in [7, 11) is 1.45. The van der Waals surface area contributed by atoms with Gasteiger partial charge in [0.2, 0.25) is 0 Å². The summed E-state index contributed by atoms with van der Waals surface area (Å²) in [6, 6.07) is 10.8. The van der Waals surface area contributed by atoms with E-state index in [1.807, 2.05) is 0 Å². The molecule has 5 heteroatoms. The number of hydrogen-bond donors (Lipinski definition) is 1. The number of carbonyl (C=O) groups excluding carboxylic acids is 1. The molecule has 1 amide bonds. The SMILES string of the molecule is CC(c1cc(F)ccc1F)N(C)C(=O)C(O)c1ccccc1. The number of aliphatic hydroxyl groups is 1. The molecule has 116 valence electrons. The van der Waals surface area contributed by atoms with Crippen molar-refractivity contribution in [2.75, 3.05) is 7.05 Å². The first-order chi connectivity index (χ1) is 10.4. The first-order valence-corrected chi connectivity index (χ1v) is 6.86. The van der Waals surface area contributed by atoms with Crippen LogP contribution in [0.4, 0.5) is 8.78 Å². The van der Waals surface area contributed by atoms with Gasteiger partial charge in [-0.1, -0.05) is 30.3 Å². The quantitative estimate of drug-likeness (QED) is 0.942. The Kier molecular flexibility index (Phi) is 4.88. The van der Waals surface area contributed by atoms with E-state index in [0.29, 0.717) is 5.56 Å². The highest BCUT2D eigenvalue weighted by molar-refractivity contribution is 5.82. The molecule has 22 heavy (non-hydrogen) atoms. The van der Waals surface area contributed by atoms with E-state index in [2.05, 4.69) is 0 Å². The van der Waals surface area contributed by atoms with Crippen molar-refractivity contribution in [3.8, 4) is 0 Å². The molecule has 0 aliphatic heterocycles. The highest BCUT2D eigenvalue weighted by atomic mass is 19.1. The van der Waals surface area contributed by atoms with Gasteiger partial charge in [0.1, 0.15) is 11.6 Å². The maximum atomic E-state index is 13.8. The molecule has 0 saturated heterocycles. The average Bonchev–Trinajstić information content (AvgIpc) is 2.55. The maximum absolute atomic E-state index is 13.8. The Balaban J connectivity index is 2.21. The second kappa shape index (κ2) is 6.66. The van der Waals surface area contributed by atoms with Crippen molar-refractivity contribution in [3.63, 3.8) is 0 Å². The predicted molar refractivity (Wildman–Crippen MR) is 78.9 cm³/mol. The Bertz CT molecular complexity index is 661. The normalized spacial score (nSPS) is 13.5. The third-order valence-electron chi connectivity index (χ3n) is 3.69. The molecule has 0 aliphatic rings. The van der Waals surface area contributed by atoms with Gasteiger partial charge < -0.3 is 10.0 Å². The van der Waals surface area contributed by atoms with Gasteiger partial charge in [-0.25, -0.2) is 8.78 Å². The van der Waals surface area contributed by atoms with Crippen LogP contribution >= 0.6 is 0 Å². The van der Waals surface area contributed by atoms with Gasteiger partial charge in [-0.2, -0.15) is 0 Å². The summed E-state index contributed by atoms with van der Waals surface area (Å²) >= 11 is 0. The predicted octanol–water partition coefficient (Wildman–Crippen LogP) is 3.22. The van der Waals surface area contributed by atoms with Crippen LogP contribution in [0.5, 0.6) is 0 Å². The smallest absolute Gasteiger partial charge is 0.256 e. The molecular formula is C17H17F2NO2. The maximum Gasteiger partial charge on any atom is 0.256 e. The highest BCUT2D eigenvalue weighted by Gasteiger charge is 2.26. The lowest BCUT2D eigenvalue weighted by molar-refractivity contribution is -0.141. The highest BCUT2D eigenvalue weighted by Crippen LogP contribution is 2.25. The van der Waals surface area contributed by atoms with Crippen LogP contribution < -0.4 is 0 Å². The van der Waals surface area contributed by atoms with Crippen LogP contribution in [0.1, 0.15) is 30.2 Å². The van der Waals surface area contributed by atoms with Crippen molar-refractivity contribution < 1.29 is 18.7 Å². The lowest BCUT2D eigenvalue weighted by Gasteiger charge is -2.28.